The predicted molar refractivity (Wildman–Crippen MR) is 132 cm³/mol. The van der Waals surface area contributed by atoms with Crippen molar-refractivity contribution in [3.8, 4) is 0 Å². The third-order valence-corrected chi connectivity index (χ3v) is 8.31. The van der Waals surface area contributed by atoms with Crippen LogP contribution in [0.15, 0.2) is 88.9 Å². The zero-order valence-electron chi connectivity index (χ0n) is 18.7. The molecule has 9 heteroatoms. The van der Waals surface area contributed by atoms with Gasteiger partial charge in [0.25, 0.3) is 0 Å². The molecule has 0 bridgehead atoms. The van der Waals surface area contributed by atoms with Crippen LogP contribution >= 0.6 is 11.8 Å². The summed E-state index contributed by atoms with van der Waals surface area (Å²) in [7, 11) is -3.58. The molecule has 1 aliphatic heterocycles. The Morgan fingerprint density at radius 1 is 1.00 bits per heavy atom. The number of pyridine rings is 1. The van der Waals surface area contributed by atoms with Gasteiger partial charge in [-0.25, -0.2) is 13.4 Å². The average Bonchev–Trinajstić information content (AvgIpc) is 2.89. The summed E-state index contributed by atoms with van der Waals surface area (Å²) < 4.78 is 32.1. The molecule has 2 aromatic carbocycles. The van der Waals surface area contributed by atoms with Gasteiger partial charge in [0.15, 0.2) is 0 Å². The van der Waals surface area contributed by atoms with Gasteiger partial charge in [-0.1, -0.05) is 72.4 Å². The second kappa shape index (κ2) is 11.6. The fourth-order valence-corrected chi connectivity index (χ4v) is 5.71. The molecule has 3 aromatic rings. The molecule has 1 aromatic heterocycles. The van der Waals surface area contributed by atoms with Crippen LogP contribution < -0.4 is 5.32 Å². The van der Waals surface area contributed by atoms with Crippen molar-refractivity contribution in [1.29, 1.82) is 0 Å². The lowest BCUT2D eigenvalue weighted by Crippen LogP contribution is -2.40. The maximum atomic E-state index is 12.7. The molecular formula is C25H27N3O4S2. The smallest absolute Gasteiger partial charge is 0.244 e. The molecule has 1 N–H and O–H groups in total. The van der Waals surface area contributed by atoms with Gasteiger partial charge in [0.2, 0.25) is 15.9 Å². The van der Waals surface area contributed by atoms with E-state index in [2.05, 4.69) is 10.3 Å². The number of amides is 1. The lowest BCUT2D eigenvalue weighted by Gasteiger charge is -2.25. The van der Waals surface area contributed by atoms with E-state index in [0.29, 0.717) is 37.8 Å². The largest absolute Gasteiger partial charge is 0.379 e. The van der Waals surface area contributed by atoms with Gasteiger partial charge in [-0.15, -0.1) is 0 Å². The number of aromatic nitrogens is 1. The topological polar surface area (TPSA) is 88.6 Å². The van der Waals surface area contributed by atoms with Crippen LogP contribution in [-0.4, -0.2) is 55.7 Å². The van der Waals surface area contributed by atoms with Crippen LogP contribution in [0.2, 0.25) is 0 Å². The van der Waals surface area contributed by atoms with E-state index >= 15 is 0 Å². The van der Waals surface area contributed by atoms with Crippen molar-refractivity contribution in [3.63, 3.8) is 0 Å². The van der Waals surface area contributed by atoms with Gasteiger partial charge in [-0.3, -0.25) is 4.79 Å². The molecule has 1 fully saturated rings. The molecule has 1 atom stereocenters. The first-order chi connectivity index (χ1) is 16.5. The Labute approximate surface area is 204 Å². The van der Waals surface area contributed by atoms with E-state index in [9.17, 15) is 13.2 Å². The van der Waals surface area contributed by atoms with Crippen molar-refractivity contribution in [1.82, 2.24) is 14.6 Å². The minimum atomic E-state index is -3.58. The molecular weight excluding hydrogens is 470 g/mol. The molecule has 0 unspecified atom stereocenters. The van der Waals surface area contributed by atoms with E-state index in [0.717, 1.165) is 11.1 Å². The van der Waals surface area contributed by atoms with Crippen molar-refractivity contribution in [2.75, 3.05) is 32.1 Å². The maximum Gasteiger partial charge on any atom is 0.244 e. The monoisotopic (exact) mass is 497 g/mol. The van der Waals surface area contributed by atoms with Gasteiger partial charge in [0.1, 0.15) is 4.90 Å². The van der Waals surface area contributed by atoms with E-state index in [1.807, 2.05) is 60.7 Å². The Kier molecular flexibility index (Phi) is 8.34. The minimum absolute atomic E-state index is 0.110. The first kappa shape index (κ1) is 24.4. The van der Waals surface area contributed by atoms with Gasteiger partial charge in [-0.2, -0.15) is 4.31 Å². The fourth-order valence-electron chi connectivity index (χ4n) is 3.70. The standard InChI is InChI=1S/C25H27N3O4S2/c29-24(27-23(21-9-5-2-6-10-21)17-20-7-3-1-4-8-20)19-33-25-12-11-22(18-26-25)34(30,31)28-13-15-32-16-14-28/h1-12,18,23H,13-17,19H2,(H,27,29)/t23-/m0/s1. The molecule has 0 aliphatic carbocycles. The van der Waals surface area contributed by atoms with Gasteiger partial charge >= 0.3 is 0 Å². The lowest BCUT2D eigenvalue weighted by molar-refractivity contribution is -0.119. The molecule has 1 amide bonds. The second-order valence-corrected chi connectivity index (χ2v) is 10.8. The molecule has 1 saturated heterocycles. The van der Waals surface area contributed by atoms with E-state index in [4.69, 9.17) is 4.74 Å². The van der Waals surface area contributed by atoms with Crippen LogP contribution in [0.3, 0.4) is 0 Å². The number of carbonyl (C=O) groups is 1. The summed E-state index contributed by atoms with van der Waals surface area (Å²) in [4.78, 5) is 17.2. The number of hydrogen-bond donors (Lipinski definition) is 1. The average molecular weight is 498 g/mol. The van der Waals surface area contributed by atoms with Crippen molar-refractivity contribution < 1.29 is 17.9 Å². The Morgan fingerprint density at radius 2 is 1.68 bits per heavy atom. The number of hydrogen-bond acceptors (Lipinski definition) is 6. The summed E-state index contributed by atoms with van der Waals surface area (Å²) in [5, 5.41) is 3.72. The predicted octanol–water partition coefficient (Wildman–Crippen LogP) is 3.29. The Hall–Kier alpha value is -2.72. The lowest BCUT2D eigenvalue weighted by atomic mass is 9.99. The van der Waals surface area contributed by atoms with Gasteiger partial charge < -0.3 is 10.1 Å². The van der Waals surface area contributed by atoms with Gasteiger partial charge in [0.05, 0.1) is 30.0 Å². The number of nitrogens with zero attached hydrogens (tertiary/aromatic N) is 2. The van der Waals surface area contributed by atoms with Crippen LogP contribution in [0.5, 0.6) is 0 Å². The normalized spacial score (nSPS) is 15.5. The third-order valence-electron chi connectivity index (χ3n) is 5.49. The highest BCUT2D eigenvalue weighted by atomic mass is 32.2. The number of rotatable bonds is 9. The van der Waals surface area contributed by atoms with Crippen LogP contribution in [0, 0.1) is 0 Å². The van der Waals surface area contributed by atoms with Crippen LogP contribution in [-0.2, 0) is 26.0 Å². The van der Waals surface area contributed by atoms with Crippen molar-refractivity contribution in [2.24, 2.45) is 0 Å². The summed E-state index contributed by atoms with van der Waals surface area (Å²) in [5.41, 5.74) is 2.18. The highest BCUT2D eigenvalue weighted by molar-refractivity contribution is 7.99. The Bertz CT molecular complexity index is 1170. The third kappa shape index (κ3) is 6.44. The first-order valence-corrected chi connectivity index (χ1v) is 13.5. The van der Waals surface area contributed by atoms with E-state index < -0.39 is 10.0 Å². The van der Waals surface area contributed by atoms with Gasteiger partial charge in [-0.05, 0) is 29.7 Å². The van der Waals surface area contributed by atoms with E-state index in [1.165, 1.54) is 22.3 Å². The van der Waals surface area contributed by atoms with Crippen LogP contribution in [0.4, 0.5) is 0 Å². The minimum Gasteiger partial charge on any atom is -0.379 e. The molecule has 4 rings (SSSR count). The van der Waals surface area contributed by atoms with Crippen LogP contribution in [0.1, 0.15) is 17.2 Å². The summed E-state index contributed by atoms with van der Waals surface area (Å²) in [5.74, 6) is 0.0716. The van der Waals surface area contributed by atoms with E-state index in [-0.39, 0.29) is 22.6 Å². The summed E-state index contributed by atoms with van der Waals surface area (Å²) in [6.07, 6.45) is 2.04. The highest BCUT2D eigenvalue weighted by Crippen LogP contribution is 2.22. The molecule has 1 aliphatic rings. The van der Waals surface area contributed by atoms with Crippen molar-refractivity contribution in [3.05, 3.63) is 90.1 Å². The van der Waals surface area contributed by atoms with Gasteiger partial charge in [0, 0.05) is 19.3 Å². The number of thioether (sulfide) groups is 1. The first-order valence-electron chi connectivity index (χ1n) is 11.1. The summed E-state index contributed by atoms with van der Waals surface area (Å²) >= 11 is 1.28. The molecule has 0 radical (unpaired) electrons. The number of sulfonamides is 1. The van der Waals surface area contributed by atoms with Crippen molar-refractivity contribution in [2.45, 2.75) is 22.4 Å². The number of benzene rings is 2. The van der Waals surface area contributed by atoms with E-state index in [1.54, 1.807) is 12.1 Å². The number of ether oxygens (including phenoxy) is 1. The molecule has 2 heterocycles. The Morgan fingerprint density at radius 3 is 2.32 bits per heavy atom. The SMILES string of the molecule is O=C(CSc1ccc(S(=O)(=O)N2CCOCC2)cn1)N[C@@H](Cc1ccccc1)c1ccccc1. The number of morpholine rings is 1. The number of nitrogens with one attached hydrogen (secondary N) is 1. The zero-order chi connectivity index (χ0) is 23.8. The van der Waals surface area contributed by atoms with Crippen LogP contribution in [0.25, 0.3) is 0 Å². The Balaban J connectivity index is 1.36. The van der Waals surface area contributed by atoms with Crippen molar-refractivity contribution >= 4 is 27.7 Å². The zero-order valence-corrected chi connectivity index (χ0v) is 20.3. The molecule has 178 valence electrons. The second-order valence-electron chi connectivity index (χ2n) is 7.86. The summed E-state index contributed by atoms with van der Waals surface area (Å²) in [6, 6.07) is 23.0. The molecule has 34 heavy (non-hydrogen) atoms. The quantitative estimate of drug-likeness (QED) is 0.457. The highest BCUT2D eigenvalue weighted by Gasteiger charge is 2.26. The summed E-state index contributed by atoms with van der Waals surface area (Å²) in [6.45, 7) is 1.46. The molecule has 0 saturated carbocycles. The maximum absolute atomic E-state index is 12.7. The fraction of sp³-hybridized carbons (Fsp3) is 0.280. The molecule has 0 spiro atoms. The number of carbonyl (C=O) groups excluding carboxylic acids is 1. The molecule has 7 nitrogen and oxygen atoms in total.